The Hall–Kier alpha value is -3.93. The molecule has 4 heterocycles. The minimum atomic E-state index is -4.00. The van der Waals surface area contributed by atoms with Crippen molar-refractivity contribution < 1.29 is 22.7 Å². The Bertz CT molecular complexity index is 1320. The van der Waals surface area contributed by atoms with Crippen LogP contribution in [0.25, 0.3) is 22.5 Å². The molecule has 40 heavy (non-hydrogen) atoms. The molecule has 5 rings (SSSR count). The van der Waals surface area contributed by atoms with Crippen molar-refractivity contribution in [3.05, 3.63) is 48.2 Å². The third kappa shape index (κ3) is 8.04. The predicted molar refractivity (Wildman–Crippen MR) is 149 cm³/mol. The van der Waals surface area contributed by atoms with Crippen molar-refractivity contribution in [3.63, 3.8) is 0 Å². The van der Waals surface area contributed by atoms with Crippen LogP contribution >= 0.6 is 0 Å². The van der Waals surface area contributed by atoms with Crippen LogP contribution in [-0.2, 0) is 4.74 Å². The lowest BCUT2D eigenvalue weighted by Gasteiger charge is -2.28. The van der Waals surface area contributed by atoms with E-state index in [9.17, 15) is 18.0 Å². The number of aryl methyl sites for hydroxylation is 1. The second-order valence-corrected chi connectivity index (χ2v) is 10.1. The molecule has 0 radical (unpaired) electrons. The van der Waals surface area contributed by atoms with E-state index in [2.05, 4.69) is 40.1 Å². The van der Waals surface area contributed by atoms with Crippen LogP contribution in [0.3, 0.4) is 0 Å². The Morgan fingerprint density at radius 3 is 2.45 bits per heavy atom. The number of hydrogen-bond donors (Lipinski definition) is 2. The van der Waals surface area contributed by atoms with Crippen molar-refractivity contribution in [2.45, 2.75) is 33.4 Å². The third-order valence-electron chi connectivity index (χ3n) is 6.59. The molecule has 9 nitrogen and oxygen atoms in total. The van der Waals surface area contributed by atoms with Gasteiger partial charge >= 0.3 is 12.2 Å². The second kappa shape index (κ2) is 12.5. The molecule has 12 heteroatoms. The average molecular weight is 558 g/mol. The lowest BCUT2D eigenvalue weighted by atomic mass is 9.99. The van der Waals surface area contributed by atoms with Crippen LogP contribution < -0.4 is 16.0 Å². The van der Waals surface area contributed by atoms with Crippen LogP contribution in [-0.4, -0.2) is 71.5 Å². The fraction of sp³-hybridized carbons (Fsp3) is 0.429. The number of rotatable bonds is 4. The fourth-order valence-electron chi connectivity index (χ4n) is 4.61. The summed E-state index contributed by atoms with van der Waals surface area (Å²) >= 11 is 0. The number of anilines is 3. The third-order valence-corrected chi connectivity index (χ3v) is 6.59. The summed E-state index contributed by atoms with van der Waals surface area (Å²) in [6.07, 6.45) is -1.31. The first-order valence-electron chi connectivity index (χ1n) is 13.1. The molecule has 0 saturated carbocycles. The van der Waals surface area contributed by atoms with Gasteiger partial charge in [-0.15, -0.1) is 0 Å². The molecule has 0 aliphatic carbocycles. The summed E-state index contributed by atoms with van der Waals surface area (Å²) < 4.78 is 36.6. The molecular weight excluding hydrogens is 523 g/mol. The van der Waals surface area contributed by atoms with Gasteiger partial charge in [-0.1, -0.05) is 13.0 Å². The van der Waals surface area contributed by atoms with Crippen LogP contribution in [0.4, 0.5) is 35.4 Å². The second-order valence-electron chi connectivity index (χ2n) is 10.1. The molecule has 0 spiro atoms. The summed E-state index contributed by atoms with van der Waals surface area (Å²) in [7, 11) is 0. The average Bonchev–Trinajstić information content (AvgIpc) is 3.35. The van der Waals surface area contributed by atoms with Crippen LogP contribution in [0.15, 0.2) is 42.6 Å². The summed E-state index contributed by atoms with van der Waals surface area (Å²) in [5, 5.41) is 3.08. The summed E-state index contributed by atoms with van der Waals surface area (Å²) in [4.78, 5) is 30.2. The highest BCUT2D eigenvalue weighted by molar-refractivity contribution is 5.91. The molecule has 2 aliphatic heterocycles. The Balaban J connectivity index is 0.000000681. The van der Waals surface area contributed by atoms with E-state index >= 15 is 0 Å². The van der Waals surface area contributed by atoms with Crippen LogP contribution in [0.2, 0.25) is 0 Å². The molecule has 2 saturated heterocycles. The first kappa shape index (κ1) is 29.1. The van der Waals surface area contributed by atoms with E-state index in [1.165, 1.54) is 0 Å². The van der Waals surface area contributed by atoms with Crippen molar-refractivity contribution in [1.29, 1.82) is 0 Å². The number of likely N-dealkylation sites (tertiary alicyclic amines) is 1. The largest absolute Gasteiger partial charge is 0.386 e. The predicted octanol–water partition coefficient (Wildman–Crippen LogP) is 5.38. The summed E-state index contributed by atoms with van der Waals surface area (Å²) in [6, 6.07) is 11.9. The van der Waals surface area contributed by atoms with Crippen LogP contribution in [0.1, 0.15) is 25.8 Å². The molecular formula is C28H34F3N7O2. The molecule has 0 bridgehead atoms. The number of nitrogens with one attached hydrogen (secondary N) is 1. The maximum atomic E-state index is 12.8. The number of halogens is 3. The van der Waals surface area contributed by atoms with E-state index in [1.54, 1.807) is 6.20 Å². The number of carbonyl (C=O) groups is 1. The van der Waals surface area contributed by atoms with Gasteiger partial charge < -0.3 is 25.6 Å². The van der Waals surface area contributed by atoms with Gasteiger partial charge in [-0.3, -0.25) is 0 Å². The molecule has 1 aromatic carbocycles. The highest BCUT2D eigenvalue weighted by atomic mass is 19.4. The van der Waals surface area contributed by atoms with Gasteiger partial charge in [0, 0.05) is 45.0 Å². The topological polar surface area (TPSA) is 110 Å². The molecule has 1 unspecified atom stereocenters. The summed E-state index contributed by atoms with van der Waals surface area (Å²) in [6.45, 7) is 8.89. The van der Waals surface area contributed by atoms with E-state index in [0.29, 0.717) is 24.8 Å². The number of hydrogen-bond acceptors (Lipinski definition) is 7. The Labute approximate surface area is 231 Å². The number of amides is 2. The standard InChI is InChI=1S/C26H31N7O2.C2H3F3/c1-17-6-8-33(16-17)26(34)29-20-4-3-18(2)21(15-20)19-13-23(22-5-7-28-25(27)31-22)30-24(14-19)32-9-11-35-12-10-32;1-2(3,4)5/h3-5,7,13-15,17H,6,8-12,16H2,1-2H3,(H,29,34)(H2,27,28,31);1H3. The number of nitrogens with zero attached hydrogens (tertiary/aromatic N) is 5. The first-order chi connectivity index (χ1) is 19.0. The van der Waals surface area contributed by atoms with E-state index in [1.807, 2.05) is 35.2 Å². The van der Waals surface area contributed by atoms with E-state index in [4.69, 9.17) is 15.5 Å². The van der Waals surface area contributed by atoms with E-state index in [0.717, 1.165) is 66.5 Å². The quantitative estimate of drug-likeness (QED) is 0.444. The maximum Gasteiger partial charge on any atom is 0.386 e. The molecule has 3 aromatic rings. The van der Waals surface area contributed by atoms with Gasteiger partial charge in [-0.25, -0.2) is 19.7 Å². The van der Waals surface area contributed by atoms with Crippen molar-refractivity contribution in [2.75, 3.05) is 55.3 Å². The number of alkyl halides is 3. The van der Waals surface area contributed by atoms with Crippen molar-refractivity contribution in [3.8, 4) is 22.5 Å². The Kier molecular flexibility index (Phi) is 9.08. The van der Waals surface area contributed by atoms with Gasteiger partial charge in [0.25, 0.3) is 0 Å². The molecule has 2 aromatic heterocycles. The van der Waals surface area contributed by atoms with Gasteiger partial charge in [0.05, 0.1) is 24.6 Å². The maximum absolute atomic E-state index is 12.8. The number of ether oxygens (including phenoxy) is 1. The number of morpholine rings is 1. The number of urea groups is 1. The number of nitrogens with two attached hydrogens (primary N) is 1. The first-order valence-corrected chi connectivity index (χ1v) is 13.1. The van der Waals surface area contributed by atoms with Crippen molar-refractivity contribution in [1.82, 2.24) is 19.9 Å². The molecule has 1 atom stereocenters. The smallest absolute Gasteiger partial charge is 0.378 e. The number of nitrogen functional groups attached to an aromatic ring is 1. The molecule has 2 aliphatic rings. The monoisotopic (exact) mass is 557 g/mol. The highest BCUT2D eigenvalue weighted by Gasteiger charge is 2.23. The van der Waals surface area contributed by atoms with Crippen LogP contribution in [0, 0.1) is 12.8 Å². The summed E-state index contributed by atoms with van der Waals surface area (Å²) in [5.41, 5.74) is 11.1. The van der Waals surface area contributed by atoms with Gasteiger partial charge in [-0.2, -0.15) is 13.2 Å². The number of carbonyl (C=O) groups excluding carboxylic acids is 1. The SMILES string of the molecule is CC(F)(F)F.Cc1ccc(NC(=O)N2CCC(C)C2)cc1-c1cc(-c2ccnc(N)n2)nc(N2CCOCC2)c1. The van der Waals surface area contributed by atoms with Gasteiger partial charge in [0.1, 0.15) is 5.82 Å². The van der Waals surface area contributed by atoms with Crippen molar-refractivity contribution in [2.24, 2.45) is 5.92 Å². The summed E-state index contributed by atoms with van der Waals surface area (Å²) in [5.74, 6) is 1.61. The van der Waals surface area contributed by atoms with Gasteiger partial charge in [0.2, 0.25) is 5.95 Å². The van der Waals surface area contributed by atoms with E-state index in [-0.39, 0.29) is 18.9 Å². The number of aromatic nitrogens is 3. The molecule has 3 N–H and O–H groups in total. The highest BCUT2D eigenvalue weighted by Crippen LogP contribution is 2.33. The van der Waals surface area contributed by atoms with Crippen LogP contribution in [0.5, 0.6) is 0 Å². The van der Waals surface area contributed by atoms with Gasteiger partial charge in [0.15, 0.2) is 0 Å². The lowest BCUT2D eigenvalue weighted by molar-refractivity contribution is -0.110. The molecule has 2 fully saturated rings. The number of benzene rings is 1. The Morgan fingerprint density at radius 2 is 1.80 bits per heavy atom. The number of pyridine rings is 1. The van der Waals surface area contributed by atoms with E-state index < -0.39 is 6.18 Å². The minimum Gasteiger partial charge on any atom is -0.378 e. The van der Waals surface area contributed by atoms with Crippen molar-refractivity contribution >= 4 is 23.5 Å². The fourth-order valence-corrected chi connectivity index (χ4v) is 4.61. The van der Waals surface area contributed by atoms with Gasteiger partial charge in [-0.05, 0) is 66.3 Å². The minimum absolute atomic E-state index is 0.0509. The molecule has 2 amide bonds. The Morgan fingerprint density at radius 1 is 1.07 bits per heavy atom. The lowest BCUT2D eigenvalue weighted by Crippen LogP contribution is -2.36. The zero-order chi connectivity index (χ0) is 28.9. The zero-order valence-corrected chi connectivity index (χ0v) is 22.8. The molecule has 214 valence electrons. The normalized spacial score (nSPS) is 17.3. The zero-order valence-electron chi connectivity index (χ0n) is 22.8.